The third-order valence-electron chi connectivity index (χ3n) is 4.81. The van der Waals surface area contributed by atoms with Crippen LogP contribution in [0.3, 0.4) is 0 Å². The van der Waals surface area contributed by atoms with Crippen LogP contribution in [0.1, 0.15) is 35.1 Å². The van der Waals surface area contributed by atoms with E-state index in [0.717, 1.165) is 0 Å². The number of benzene rings is 2. The highest BCUT2D eigenvalue weighted by Crippen LogP contribution is 2.30. The van der Waals surface area contributed by atoms with Crippen LogP contribution in [0.5, 0.6) is 0 Å². The van der Waals surface area contributed by atoms with E-state index in [1.807, 2.05) is 0 Å². The van der Waals surface area contributed by atoms with Gasteiger partial charge in [0.05, 0.1) is 0 Å². The van der Waals surface area contributed by atoms with Gasteiger partial charge in [0.25, 0.3) is 0 Å². The van der Waals surface area contributed by atoms with Crippen LogP contribution >= 0.6 is 0 Å². The van der Waals surface area contributed by atoms with Crippen molar-refractivity contribution in [2.75, 3.05) is 5.32 Å². The van der Waals surface area contributed by atoms with Gasteiger partial charge in [0.15, 0.2) is 0 Å². The molecule has 2 aliphatic carbocycles. The Labute approximate surface area is 121 Å². The standard InChI is InChI=1S/C19H21N/c1-2-8-16-13-17(12-15(16)7-1)20-19-11-5-9-14-6-3-4-10-18(14)19/h1-2,5,7-9,11,17,20H,3-4,6,10,12-13H2. The normalized spacial score (nSPS) is 17.6. The molecule has 0 amide bonds. The van der Waals surface area contributed by atoms with Crippen molar-refractivity contribution >= 4 is 5.69 Å². The van der Waals surface area contributed by atoms with Crippen LogP contribution in [-0.2, 0) is 25.7 Å². The average molecular weight is 263 g/mol. The van der Waals surface area contributed by atoms with E-state index in [1.165, 1.54) is 55.3 Å². The molecule has 2 aromatic rings. The van der Waals surface area contributed by atoms with E-state index in [1.54, 1.807) is 11.1 Å². The Morgan fingerprint density at radius 3 is 2.25 bits per heavy atom. The number of fused-ring (bicyclic) bond motifs is 2. The van der Waals surface area contributed by atoms with Crippen molar-refractivity contribution < 1.29 is 0 Å². The molecule has 0 saturated heterocycles. The molecular formula is C19H21N. The van der Waals surface area contributed by atoms with E-state index in [0.29, 0.717) is 6.04 Å². The third kappa shape index (κ3) is 2.11. The average Bonchev–Trinajstić information content (AvgIpc) is 2.90. The van der Waals surface area contributed by atoms with Crippen molar-refractivity contribution in [3.8, 4) is 0 Å². The highest BCUT2D eigenvalue weighted by molar-refractivity contribution is 5.57. The maximum atomic E-state index is 3.82. The first-order valence-corrected chi connectivity index (χ1v) is 7.84. The van der Waals surface area contributed by atoms with Crippen molar-refractivity contribution in [3.05, 3.63) is 64.7 Å². The zero-order chi connectivity index (χ0) is 13.4. The van der Waals surface area contributed by atoms with Crippen LogP contribution < -0.4 is 5.32 Å². The predicted octanol–water partition coefficient (Wildman–Crippen LogP) is 4.14. The maximum absolute atomic E-state index is 3.82. The zero-order valence-electron chi connectivity index (χ0n) is 11.9. The molecule has 0 saturated carbocycles. The SMILES string of the molecule is c1ccc2c(c1)CC(Nc1cccc3c1CCCC3)C2. The van der Waals surface area contributed by atoms with Crippen molar-refractivity contribution in [1.29, 1.82) is 0 Å². The lowest BCUT2D eigenvalue weighted by Gasteiger charge is -2.22. The third-order valence-corrected chi connectivity index (χ3v) is 4.81. The molecule has 0 heterocycles. The second kappa shape index (κ2) is 4.97. The van der Waals surface area contributed by atoms with Crippen LogP contribution in [0, 0.1) is 0 Å². The van der Waals surface area contributed by atoms with Gasteiger partial charge in [-0.05, 0) is 66.8 Å². The molecule has 0 bridgehead atoms. The molecule has 0 radical (unpaired) electrons. The molecule has 2 aliphatic rings. The van der Waals surface area contributed by atoms with E-state index < -0.39 is 0 Å². The van der Waals surface area contributed by atoms with Gasteiger partial charge in [0.2, 0.25) is 0 Å². The number of hydrogen-bond donors (Lipinski definition) is 1. The first kappa shape index (κ1) is 12.0. The minimum atomic E-state index is 0.570. The summed E-state index contributed by atoms with van der Waals surface area (Å²) in [5.41, 5.74) is 7.58. The fourth-order valence-electron chi connectivity index (χ4n) is 3.80. The summed E-state index contributed by atoms with van der Waals surface area (Å²) in [7, 11) is 0. The van der Waals surface area contributed by atoms with Gasteiger partial charge in [-0.3, -0.25) is 0 Å². The minimum Gasteiger partial charge on any atom is -0.381 e. The molecule has 0 spiro atoms. The summed E-state index contributed by atoms with van der Waals surface area (Å²) >= 11 is 0. The molecule has 0 atom stereocenters. The van der Waals surface area contributed by atoms with E-state index in [2.05, 4.69) is 47.8 Å². The summed E-state index contributed by atoms with van der Waals surface area (Å²) in [5.74, 6) is 0. The van der Waals surface area contributed by atoms with Crippen molar-refractivity contribution in [1.82, 2.24) is 0 Å². The van der Waals surface area contributed by atoms with Crippen molar-refractivity contribution in [2.24, 2.45) is 0 Å². The van der Waals surface area contributed by atoms with Crippen LogP contribution in [0.2, 0.25) is 0 Å². The van der Waals surface area contributed by atoms with Gasteiger partial charge in [-0.15, -0.1) is 0 Å². The Bertz CT molecular complexity index is 604. The van der Waals surface area contributed by atoms with Crippen LogP contribution in [0.25, 0.3) is 0 Å². The Balaban J connectivity index is 1.56. The van der Waals surface area contributed by atoms with E-state index >= 15 is 0 Å². The maximum Gasteiger partial charge on any atom is 0.0377 e. The minimum absolute atomic E-state index is 0.570. The molecule has 4 rings (SSSR count). The van der Waals surface area contributed by atoms with Gasteiger partial charge in [0, 0.05) is 11.7 Å². The summed E-state index contributed by atoms with van der Waals surface area (Å²) in [6.45, 7) is 0. The molecule has 2 aromatic carbocycles. The van der Waals surface area contributed by atoms with Crippen LogP contribution in [0.4, 0.5) is 5.69 Å². The molecule has 1 N–H and O–H groups in total. The van der Waals surface area contributed by atoms with Crippen molar-refractivity contribution in [3.63, 3.8) is 0 Å². The van der Waals surface area contributed by atoms with Crippen LogP contribution in [-0.4, -0.2) is 6.04 Å². The molecular weight excluding hydrogens is 242 g/mol. The Hall–Kier alpha value is -1.76. The number of hydrogen-bond acceptors (Lipinski definition) is 1. The van der Waals surface area contributed by atoms with Gasteiger partial charge in [-0.25, -0.2) is 0 Å². The molecule has 0 aliphatic heterocycles. The summed E-state index contributed by atoms with van der Waals surface area (Å²) in [4.78, 5) is 0. The van der Waals surface area contributed by atoms with E-state index in [4.69, 9.17) is 0 Å². The molecule has 102 valence electrons. The first-order chi connectivity index (χ1) is 9.90. The Morgan fingerprint density at radius 2 is 1.45 bits per heavy atom. The van der Waals surface area contributed by atoms with Crippen LogP contribution in [0.15, 0.2) is 42.5 Å². The quantitative estimate of drug-likeness (QED) is 0.858. The fraction of sp³-hybridized carbons (Fsp3) is 0.368. The topological polar surface area (TPSA) is 12.0 Å². The smallest absolute Gasteiger partial charge is 0.0377 e. The largest absolute Gasteiger partial charge is 0.381 e. The fourth-order valence-corrected chi connectivity index (χ4v) is 3.80. The highest BCUT2D eigenvalue weighted by atomic mass is 14.9. The number of anilines is 1. The molecule has 0 fully saturated rings. The number of rotatable bonds is 2. The summed E-state index contributed by atoms with van der Waals surface area (Å²) in [6.07, 6.45) is 7.54. The number of aryl methyl sites for hydroxylation is 1. The first-order valence-electron chi connectivity index (χ1n) is 7.84. The lowest BCUT2D eigenvalue weighted by atomic mass is 9.90. The lowest BCUT2D eigenvalue weighted by molar-refractivity contribution is 0.682. The van der Waals surface area contributed by atoms with Gasteiger partial charge >= 0.3 is 0 Å². The molecule has 0 aromatic heterocycles. The summed E-state index contributed by atoms with van der Waals surface area (Å²) < 4.78 is 0. The summed E-state index contributed by atoms with van der Waals surface area (Å²) in [5, 5.41) is 3.82. The monoisotopic (exact) mass is 263 g/mol. The molecule has 0 unspecified atom stereocenters. The van der Waals surface area contributed by atoms with E-state index in [-0.39, 0.29) is 0 Å². The molecule has 20 heavy (non-hydrogen) atoms. The zero-order valence-corrected chi connectivity index (χ0v) is 11.9. The van der Waals surface area contributed by atoms with Gasteiger partial charge in [-0.2, -0.15) is 0 Å². The molecule has 1 heteroatoms. The second-order valence-electron chi connectivity index (χ2n) is 6.17. The number of nitrogens with one attached hydrogen (secondary N) is 1. The second-order valence-corrected chi connectivity index (χ2v) is 6.17. The van der Waals surface area contributed by atoms with Gasteiger partial charge in [-0.1, -0.05) is 36.4 Å². The lowest BCUT2D eigenvalue weighted by Crippen LogP contribution is -2.21. The summed E-state index contributed by atoms with van der Waals surface area (Å²) in [6, 6.07) is 16.2. The highest BCUT2D eigenvalue weighted by Gasteiger charge is 2.22. The predicted molar refractivity (Wildman–Crippen MR) is 84.3 cm³/mol. The Morgan fingerprint density at radius 1 is 0.750 bits per heavy atom. The Kier molecular flexibility index (Phi) is 2.99. The van der Waals surface area contributed by atoms with Gasteiger partial charge in [0.1, 0.15) is 0 Å². The van der Waals surface area contributed by atoms with E-state index in [9.17, 15) is 0 Å². The molecule has 1 nitrogen and oxygen atoms in total. The van der Waals surface area contributed by atoms with Gasteiger partial charge < -0.3 is 5.32 Å². The van der Waals surface area contributed by atoms with Crippen molar-refractivity contribution in [2.45, 2.75) is 44.6 Å².